The third kappa shape index (κ3) is 5.50. The Balaban J connectivity index is 1.63. The van der Waals surface area contributed by atoms with Gasteiger partial charge in [-0.2, -0.15) is 0 Å². The topological polar surface area (TPSA) is 76.6 Å². The predicted molar refractivity (Wildman–Crippen MR) is 107 cm³/mol. The Morgan fingerprint density at radius 3 is 2.75 bits per heavy atom. The molecule has 1 aliphatic rings. The Labute approximate surface area is 166 Å². The first kappa shape index (κ1) is 20.2. The summed E-state index contributed by atoms with van der Waals surface area (Å²) in [5.41, 5.74) is 3.17. The van der Waals surface area contributed by atoms with Gasteiger partial charge < -0.3 is 19.7 Å². The SMILES string of the molecule is Cc1cc(CNC(=O)c2ccccc2COC2CCOCC2)nc(N(C)C)n1. The number of nitrogens with zero attached hydrogens (tertiary/aromatic N) is 3. The quantitative estimate of drug-likeness (QED) is 0.790. The molecule has 150 valence electrons. The molecule has 0 spiro atoms. The molecule has 1 saturated heterocycles. The number of carbonyl (C=O) groups is 1. The van der Waals surface area contributed by atoms with Crippen molar-refractivity contribution in [2.24, 2.45) is 0 Å². The molecule has 7 nitrogen and oxygen atoms in total. The van der Waals surface area contributed by atoms with Crippen LogP contribution in [0.2, 0.25) is 0 Å². The van der Waals surface area contributed by atoms with Crippen molar-refractivity contribution in [1.29, 1.82) is 0 Å². The van der Waals surface area contributed by atoms with Crippen LogP contribution in [-0.4, -0.2) is 49.3 Å². The zero-order valence-electron chi connectivity index (χ0n) is 16.8. The lowest BCUT2D eigenvalue weighted by atomic mass is 10.1. The molecule has 0 atom stereocenters. The molecule has 0 saturated carbocycles. The van der Waals surface area contributed by atoms with E-state index in [1.807, 2.05) is 56.3 Å². The summed E-state index contributed by atoms with van der Waals surface area (Å²) in [6.07, 6.45) is 1.99. The molecule has 1 aliphatic heterocycles. The van der Waals surface area contributed by atoms with Crippen LogP contribution in [0.3, 0.4) is 0 Å². The van der Waals surface area contributed by atoms with Gasteiger partial charge in [0.15, 0.2) is 0 Å². The van der Waals surface area contributed by atoms with Crippen LogP contribution in [0, 0.1) is 6.92 Å². The van der Waals surface area contributed by atoms with Crippen LogP contribution in [0.15, 0.2) is 30.3 Å². The molecule has 2 heterocycles. The summed E-state index contributed by atoms with van der Waals surface area (Å²) in [6, 6.07) is 9.44. The van der Waals surface area contributed by atoms with Crippen LogP contribution in [0.1, 0.15) is 40.2 Å². The minimum absolute atomic E-state index is 0.131. The van der Waals surface area contributed by atoms with Crippen LogP contribution in [0.5, 0.6) is 0 Å². The first-order valence-corrected chi connectivity index (χ1v) is 9.60. The van der Waals surface area contributed by atoms with E-state index in [2.05, 4.69) is 15.3 Å². The molecule has 1 aromatic carbocycles. The zero-order valence-corrected chi connectivity index (χ0v) is 16.8. The fraction of sp³-hybridized carbons (Fsp3) is 0.476. The summed E-state index contributed by atoms with van der Waals surface area (Å²) in [4.78, 5) is 23.5. The first-order chi connectivity index (χ1) is 13.5. The average molecular weight is 384 g/mol. The standard InChI is InChI=1S/C21H28N4O3/c1-15-12-17(24-21(23-15)25(2)3)13-22-20(26)19-7-5-4-6-16(19)14-28-18-8-10-27-11-9-18/h4-7,12,18H,8-11,13-14H2,1-3H3,(H,22,26). The van der Waals surface area contributed by atoms with Gasteiger partial charge in [0.25, 0.3) is 5.91 Å². The van der Waals surface area contributed by atoms with Gasteiger partial charge in [-0.25, -0.2) is 9.97 Å². The number of nitrogens with one attached hydrogen (secondary N) is 1. The number of hydrogen-bond donors (Lipinski definition) is 1. The number of aryl methyl sites for hydroxylation is 1. The van der Waals surface area contributed by atoms with Crippen molar-refractivity contribution in [1.82, 2.24) is 15.3 Å². The van der Waals surface area contributed by atoms with Crippen molar-refractivity contribution >= 4 is 11.9 Å². The first-order valence-electron chi connectivity index (χ1n) is 9.60. The van der Waals surface area contributed by atoms with Gasteiger partial charge >= 0.3 is 0 Å². The van der Waals surface area contributed by atoms with E-state index in [0.29, 0.717) is 24.7 Å². The fourth-order valence-corrected chi connectivity index (χ4v) is 3.09. The second kappa shape index (κ2) is 9.61. The van der Waals surface area contributed by atoms with E-state index in [1.165, 1.54) is 0 Å². The summed E-state index contributed by atoms with van der Waals surface area (Å²) >= 11 is 0. The van der Waals surface area contributed by atoms with Gasteiger partial charge in [-0.05, 0) is 37.5 Å². The van der Waals surface area contributed by atoms with E-state index in [9.17, 15) is 4.79 Å². The van der Waals surface area contributed by atoms with Crippen molar-refractivity contribution in [2.75, 3.05) is 32.2 Å². The van der Waals surface area contributed by atoms with E-state index in [1.54, 1.807) is 0 Å². The van der Waals surface area contributed by atoms with Gasteiger partial charge in [-0.1, -0.05) is 18.2 Å². The fourth-order valence-electron chi connectivity index (χ4n) is 3.09. The average Bonchev–Trinajstić information content (AvgIpc) is 2.71. The van der Waals surface area contributed by atoms with Crippen molar-refractivity contribution in [3.8, 4) is 0 Å². The highest BCUT2D eigenvalue weighted by atomic mass is 16.5. The van der Waals surface area contributed by atoms with Crippen LogP contribution < -0.4 is 10.2 Å². The number of benzene rings is 1. The molecule has 0 unspecified atom stereocenters. The smallest absolute Gasteiger partial charge is 0.251 e. The van der Waals surface area contributed by atoms with Gasteiger partial charge in [0.05, 0.1) is 24.9 Å². The number of carbonyl (C=O) groups excluding carboxylic acids is 1. The Bertz CT molecular complexity index is 804. The van der Waals surface area contributed by atoms with Crippen LogP contribution in [0.4, 0.5) is 5.95 Å². The number of aromatic nitrogens is 2. The van der Waals surface area contributed by atoms with Crippen molar-refractivity contribution in [2.45, 2.75) is 39.0 Å². The minimum Gasteiger partial charge on any atom is -0.381 e. The molecule has 1 N–H and O–H groups in total. The van der Waals surface area contributed by atoms with Crippen molar-refractivity contribution in [3.63, 3.8) is 0 Å². The molecule has 1 fully saturated rings. The third-order valence-corrected chi connectivity index (χ3v) is 4.63. The number of anilines is 1. The maximum atomic E-state index is 12.8. The Hall–Kier alpha value is -2.51. The van der Waals surface area contributed by atoms with Crippen LogP contribution in [-0.2, 0) is 22.6 Å². The highest BCUT2D eigenvalue weighted by Crippen LogP contribution is 2.16. The van der Waals surface area contributed by atoms with E-state index in [-0.39, 0.29) is 12.0 Å². The monoisotopic (exact) mass is 384 g/mol. The Morgan fingerprint density at radius 2 is 2.00 bits per heavy atom. The van der Waals surface area contributed by atoms with Gasteiger partial charge in [-0.3, -0.25) is 4.79 Å². The number of ether oxygens (including phenoxy) is 2. The minimum atomic E-state index is -0.131. The summed E-state index contributed by atoms with van der Waals surface area (Å²) in [5, 5.41) is 2.96. The molecule has 0 radical (unpaired) electrons. The van der Waals surface area contributed by atoms with Gasteiger partial charge in [-0.15, -0.1) is 0 Å². The van der Waals surface area contributed by atoms with E-state index < -0.39 is 0 Å². The summed E-state index contributed by atoms with van der Waals surface area (Å²) < 4.78 is 11.4. The lowest BCUT2D eigenvalue weighted by molar-refractivity contribution is -0.0392. The zero-order chi connectivity index (χ0) is 19.9. The molecule has 1 aromatic heterocycles. The summed E-state index contributed by atoms with van der Waals surface area (Å²) in [6.45, 7) is 4.16. The molecule has 0 aliphatic carbocycles. The largest absolute Gasteiger partial charge is 0.381 e. The van der Waals surface area contributed by atoms with Crippen LogP contribution in [0.25, 0.3) is 0 Å². The number of rotatable bonds is 7. The summed E-state index contributed by atoms with van der Waals surface area (Å²) in [7, 11) is 3.79. The molecule has 28 heavy (non-hydrogen) atoms. The summed E-state index contributed by atoms with van der Waals surface area (Å²) in [5.74, 6) is 0.503. The van der Waals surface area contributed by atoms with Gasteiger partial charge in [0.1, 0.15) is 0 Å². The predicted octanol–water partition coefficient (Wildman–Crippen LogP) is 2.48. The lowest BCUT2D eigenvalue weighted by Crippen LogP contribution is -2.26. The molecule has 3 rings (SSSR count). The third-order valence-electron chi connectivity index (χ3n) is 4.63. The molecular weight excluding hydrogens is 356 g/mol. The molecule has 2 aromatic rings. The van der Waals surface area contributed by atoms with Crippen molar-refractivity contribution < 1.29 is 14.3 Å². The highest BCUT2D eigenvalue weighted by Gasteiger charge is 2.17. The maximum absolute atomic E-state index is 12.8. The number of hydrogen-bond acceptors (Lipinski definition) is 6. The second-order valence-corrected chi connectivity index (χ2v) is 7.16. The van der Waals surface area contributed by atoms with E-state index >= 15 is 0 Å². The van der Waals surface area contributed by atoms with Crippen LogP contribution >= 0.6 is 0 Å². The van der Waals surface area contributed by atoms with E-state index in [4.69, 9.17) is 9.47 Å². The van der Waals surface area contributed by atoms with E-state index in [0.717, 1.165) is 43.0 Å². The normalized spacial score (nSPS) is 14.7. The Morgan fingerprint density at radius 1 is 1.25 bits per heavy atom. The van der Waals surface area contributed by atoms with Gasteiger partial charge in [0, 0.05) is 38.6 Å². The Kier molecular flexibility index (Phi) is 6.95. The van der Waals surface area contributed by atoms with Gasteiger partial charge in [0.2, 0.25) is 5.95 Å². The lowest BCUT2D eigenvalue weighted by Gasteiger charge is -2.23. The second-order valence-electron chi connectivity index (χ2n) is 7.16. The van der Waals surface area contributed by atoms with Crippen molar-refractivity contribution in [3.05, 3.63) is 52.8 Å². The molecular formula is C21H28N4O3. The highest BCUT2D eigenvalue weighted by molar-refractivity contribution is 5.95. The molecule has 7 heteroatoms. The molecule has 0 bridgehead atoms. The number of amides is 1. The maximum Gasteiger partial charge on any atom is 0.251 e. The molecule has 1 amide bonds.